The quantitative estimate of drug-likeness (QED) is 0.356. The zero-order valence-corrected chi connectivity index (χ0v) is 26.2. The molecule has 3 aliphatic rings. The van der Waals surface area contributed by atoms with Gasteiger partial charge in [0.05, 0.1) is 18.2 Å². The van der Waals surface area contributed by atoms with Crippen LogP contribution in [0.15, 0.2) is 42.0 Å². The van der Waals surface area contributed by atoms with Crippen LogP contribution < -0.4 is 4.74 Å². The van der Waals surface area contributed by atoms with Crippen LogP contribution in [0.1, 0.15) is 81.1 Å². The van der Waals surface area contributed by atoms with Crippen LogP contribution in [0.25, 0.3) is 5.57 Å². The Morgan fingerprint density at radius 2 is 1.68 bits per heavy atom. The number of rotatable bonds is 6. The lowest BCUT2D eigenvalue weighted by atomic mass is 9.68. The number of nitrogens with zero attached hydrogens (tertiary/aromatic N) is 1. The second kappa shape index (κ2) is 9.66. The van der Waals surface area contributed by atoms with Crippen molar-refractivity contribution in [2.45, 2.75) is 96.4 Å². The zero-order valence-electron chi connectivity index (χ0n) is 25.2. The standard InChI is InChI=1S/C33H41NO5Si/c1-31(2,3)40(8,9)37-19-28-27(38-33(6,7)39-28)18-36-22-11-13-25-24(16-22)30(35)29-23-12-10-20(17-34)14-21(23)15-26(29)32(25,4)5/h10-14,16,27-28H,15,18-19H2,1-9H3/t27-,28-/m1/s1. The van der Waals surface area contributed by atoms with Crippen molar-refractivity contribution in [1.82, 2.24) is 0 Å². The van der Waals surface area contributed by atoms with Crippen molar-refractivity contribution in [3.8, 4) is 11.8 Å². The summed E-state index contributed by atoms with van der Waals surface area (Å²) in [5.74, 6) is -0.0852. The summed E-state index contributed by atoms with van der Waals surface area (Å²) < 4.78 is 25.1. The molecular formula is C33H41NO5Si. The Labute approximate surface area is 239 Å². The first-order valence-corrected chi connectivity index (χ1v) is 17.0. The van der Waals surface area contributed by atoms with Crippen molar-refractivity contribution in [1.29, 1.82) is 5.26 Å². The second-order valence-electron chi connectivity index (χ2n) is 13.8. The van der Waals surface area contributed by atoms with E-state index in [0.29, 0.717) is 36.5 Å². The smallest absolute Gasteiger partial charge is 0.194 e. The molecule has 2 atom stereocenters. The third kappa shape index (κ3) is 4.96. The van der Waals surface area contributed by atoms with Gasteiger partial charge in [-0.1, -0.05) is 46.8 Å². The molecule has 5 rings (SSSR count). The molecule has 0 bridgehead atoms. The average molecular weight is 560 g/mol. The lowest BCUT2D eigenvalue weighted by molar-refractivity contribution is -0.150. The van der Waals surface area contributed by atoms with Crippen LogP contribution in [0, 0.1) is 11.3 Å². The molecule has 2 aromatic carbocycles. The van der Waals surface area contributed by atoms with E-state index in [4.69, 9.17) is 18.6 Å². The predicted octanol–water partition coefficient (Wildman–Crippen LogP) is 6.96. The van der Waals surface area contributed by atoms with Gasteiger partial charge in [0, 0.05) is 16.6 Å². The molecule has 2 aliphatic carbocycles. The van der Waals surface area contributed by atoms with Crippen LogP contribution in [0.5, 0.6) is 5.75 Å². The van der Waals surface area contributed by atoms with Crippen LogP contribution in [0.2, 0.25) is 18.1 Å². The maximum atomic E-state index is 13.9. The Morgan fingerprint density at radius 1 is 1.00 bits per heavy atom. The van der Waals surface area contributed by atoms with Gasteiger partial charge in [0.15, 0.2) is 19.9 Å². The molecule has 2 aromatic rings. The van der Waals surface area contributed by atoms with Crippen molar-refractivity contribution in [2.75, 3.05) is 13.2 Å². The first-order valence-electron chi connectivity index (χ1n) is 14.1. The van der Waals surface area contributed by atoms with Crippen molar-refractivity contribution < 1.29 is 23.4 Å². The molecular weight excluding hydrogens is 518 g/mol. The number of ketones is 1. The number of allylic oxidation sites excluding steroid dienone is 2. The number of ether oxygens (including phenoxy) is 3. The van der Waals surface area contributed by atoms with Gasteiger partial charge in [-0.05, 0) is 84.9 Å². The van der Waals surface area contributed by atoms with Gasteiger partial charge in [-0.15, -0.1) is 0 Å². The summed E-state index contributed by atoms with van der Waals surface area (Å²) in [5, 5.41) is 9.46. The Kier molecular flexibility index (Phi) is 6.95. The number of benzene rings is 2. The van der Waals surface area contributed by atoms with E-state index in [2.05, 4.69) is 53.8 Å². The number of nitriles is 1. The van der Waals surface area contributed by atoms with Gasteiger partial charge in [-0.3, -0.25) is 4.79 Å². The summed E-state index contributed by atoms with van der Waals surface area (Å²) in [4.78, 5) is 13.9. The molecule has 0 unspecified atom stereocenters. The fraction of sp³-hybridized carbons (Fsp3) is 0.515. The largest absolute Gasteiger partial charge is 0.491 e. The summed E-state index contributed by atoms with van der Waals surface area (Å²) in [7, 11) is -1.95. The zero-order chi connectivity index (χ0) is 29.3. The van der Waals surface area contributed by atoms with E-state index in [-0.39, 0.29) is 28.4 Å². The van der Waals surface area contributed by atoms with E-state index in [9.17, 15) is 10.1 Å². The van der Waals surface area contributed by atoms with Crippen LogP contribution in [0.4, 0.5) is 0 Å². The van der Waals surface area contributed by atoms with Gasteiger partial charge in [0.1, 0.15) is 24.6 Å². The summed E-state index contributed by atoms with van der Waals surface area (Å²) >= 11 is 0. The van der Waals surface area contributed by atoms with Crippen molar-refractivity contribution in [3.05, 3.63) is 69.8 Å². The van der Waals surface area contributed by atoms with E-state index in [1.807, 2.05) is 44.2 Å². The van der Waals surface area contributed by atoms with Crippen molar-refractivity contribution >= 4 is 19.7 Å². The molecule has 1 saturated heterocycles. The number of Topliss-reactive ketones (excluding diaryl/α,β-unsaturated/α-hetero) is 1. The summed E-state index contributed by atoms with van der Waals surface area (Å²) in [5.41, 5.74) is 5.83. The van der Waals surface area contributed by atoms with Crippen LogP contribution >= 0.6 is 0 Å². The molecule has 0 radical (unpaired) electrons. The molecule has 6 nitrogen and oxygen atoms in total. The summed E-state index contributed by atoms with van der Waals surface area (Å²) in [6.07, 6.45) is 0.139. The normalized spacial score (nSPS) is 22.9. The topological polar surface area (TPSA) is 77.8 Å². The van der Waals surface area contributed by atoms with E-state index >= 15 is 0 Å². The first kappa shape index (κ1) is 28.8. The second-order valence-corrected chi connectivity index (χ2v) is 18.6. The molecule has 40 heavy (non-hydrogen) atoms. The molecule has 0 saturated carbocycles. The first-order chi connectivity index (χ1) is 18.5. The molecule has 1 heterocycles. The Hall–Kier alpha value is -2.76. The lowest BCUT2D eigenvalue weighted by Crippen LogP contribution is -2.44. The van der Waals surface area contributed by atoms with Crippen molar-refractivity contribution in [2.24, 2.45) is 0 Å². The van der Waals surface area contributed by atoms with Crippen LogP contribution in [-0.2, 0) is 25.7 Å². The Morgan fingerprint density at radius 3 is 2.33 bits per heavy atom. The molecule has 1 fully saturated rings. The minimum absolute atomic E-state index is 0.0143. The molecule has 7 heteroatoms. The Balaban J connectivity index is 1.35. The van der Waals surface area contributed by atoms with E-state index in [1.165, 1.54) is 0 Å². The van der Waals surface area contributed by atoms with Gasteiger partial charge in [0.25, 0.3) is 0 Å². The monoisotopic (exact) mass is 559 g/mol. The van der Waals surface area contributed by atoms with Gasteiger partial charge < -0.3 is 18.6 Å². The number of fused-ring (bicyclic) bond motifs is 3. The number of hydrogen-bond donors (Lipinski definition) is 0. The molecule has 0 amide bonds. The fourth-order valence-electron chi connectivity index (χ4n) is 5.81. The van der Waals surface area contributed by atoms with E-state index in [0.717, 1.165) is 27.8 Å². The maximum absolute atomic E-state index is 13.9. The van der Waals surface area contributed by atoms with Gasteiger partial charge in [-0.2, -0.15) is 5.26 Å². The maximum Gasteiger partial charge on any atom is 0.194 e. The van der Waals surface area contributed by atoms with Gasteiger partial charge >= 0.3 is 0 Å². The third-order valence-electron chi connectivity index (χ3n) is 9.18. The lowest BCUT2D eigenvalue weighted by Gasteiger charge is -2.37. The molecule has 1 aliphatic heterocycles. The highest BCUT2D eigenvalue weighted by molar-refractivity contribution is 6.74. The fourth-order valence-corrected chi connectivity index (χ4v) is 6.82. The highest BCUT2D eigenvalue weighted by Gasteiger charge is 2.45. The van der Waals surface area contributed by atoms with Crippen LogP contribution in [0.3, 0.4) is 0 Å². The van der Waals surface area contributed by atoms with Crippen molar-refractivity contribution in [3.63, 3.8) is 0 Å². The molecule has 0 N–H and O–H groups in total. The Bertz CT molecular complexity index is 1440. The van der Waals surface area contributed by atoms with Gasteiger partial charge in [-0.25, -0.2) is 0 Å². The van der Waals surface area contributed by atoms with Crippen LogP contribution in [-0.4, -0.2) is 45.3 Å². The minimum Gasteiger partial charge on any atom is -0.491 e. The molecule has 212 valence electrons. The van der Waals surface area contributed by atoms with Gasteiger partial charge in [0.2, 0.25) is 0 Å². The van der Waals surface area contributed by atoms with E-state index < -0.39 is 14.1 Å². The van der Waals surface area contributed by atoms with E-state index in [1.54, 1.807) is 6.07 Å². The number of carbonyl (C=O) groups is 1. The highest BCUT2D eigenvalue weighted by atomic mass is 28.4. The summed E-state index contributed by atoms with van der Waals surface area (Å²) in [6, 6.07) is 13.7. The third-order valence-corrected chi connectivity index (χ3v) is 13.7. The minimum atomic E-state index is -1.95. The highest BCUT2D eigenvalue weighted by Crippen LogP contribution is 2.50. The summed E-state index contributed by atoms with van der Waals surface area (Å²) in [6.45, 7) is 20.0. The molecule has 0 spiro atoms. The number of carbonyl (C=O) groups excluding carboxylic acids is 1. The molecule has 0 aromatic heterocycles. The number of hydrogen-bond acceptors (Lipinski definition) is 6. The predicted molar refractivity (Wildman–Crippen MR) is 158 cm³/mol. The SMILES string of the molecule is CC1(C)O[C@H](COc2ccc3c(c2)C(=O)C2=C(Cc4cc(C#N)ccc42)C3(C)C)[C@@H](CO[Si](C)(C)C(C)(C)C)O1. The average Bonchev–Trinajstić information content (AvgIpc) is 3.41.